The lowest BCUT2D eigenvalue weighted by molar-refractivity contribution is 0.0956. The van der Waals surface area contributed by atoms with Crippen LogP contribution in [0.2, 0.25) is 0 Å². The fourth-order valence-corrected chi connectivity index (χ4v) is 4.32. The Hall–Kier alpha value is -2.32. The number of anilines is 2. The Morgan fingerprint density at radius 2 is 1.60 bits per heavy atom. The highest BCUT2D eigenvalue weighted by molar-refractivity contribution is 7.98. The van der Waals surface area contributed by atoms with Crippen LogP contribution in [0.1, 0.15) is 62.2 Å². The SMILES string of the molecule is CCCCCCCCCOc1ccc(NC(=O)Nc2cc(C(=O)NCCSC)ccc2SC)cc1. The van der Waals surface area contributed by atoms with Crippen LogP contribution in [-0.4, -0.2) is 43.4 Å². The molecule has 0 spiro atoms. The molecular weight excluding hydrogens is 478 g/mol. The summed E-state index contributed by atoms with van der Waals surface area (Å²) in [6.45, 7) is 3.55. The third-order valence-electron chi connectivity index (χ3n) is 5.43. The van der Waals surface area contributed by atoms with Crippen molar-refractivity contribution in [1.29, 1.82) is 0 Å². The Morgan fingerprint density at radius 3 is 2.29 bits per heavy atom. The standard InChI is InChI=1S/C27H39N3O3S2/c1-4-5-6-7-8-9-10-18-33-23-14-12-22(13-15-23)29-27(32)30-24-20-21(11-16-25(24)35-3)26(31)28-17-19-34-2/h11-16,20H,4-10,17-19H2,1-3H3,(H,28,31)(H2,29,30,32). The second-order valence-corrected chi connectivity index (χ2v) is 10.1. The first-order valence-corrected chi connectivity index (χ1v) is 14.9. The number of unbranched alkanes of at least 4 members (excludes halogenated alkanes) is 6. The highest BCUT2D eigenvalue weighted by Gasteiger charge is 2.12. The van der Waals surface area contributed by atoms with Gasteiger partial charge in [0.05, 0.1) is 12.3 Å². The molecule has 0 heterocycles. The minimum Gasteiger partial charge on any atom is -0.494 e. The normalized spacial score (nSPS) is 10.6. The van der Waals surface area contributed by atoms with E-state index in [1.165, 1.54) is 50.3 Å². The summed E-state index contributed by atoms with van der Waals surface area (Å²) in [6, 6.07) is 12.3. The maximum Gasteiger partial charge on any atom is 0.323 e. The summed E-state index contributed by atoms with van der Waals surface area (Å²) in [5, 5.41) is 8.60. The summed E-state index contributed by atoms with van der Waals surface area (Å²) >= 11 is 3.18. The Morgan fingerprint density at radius 1 is 0.886 bits per heavy atom. The second kappa shape index (κ2) is 17.2. The molecule has 0 aliphatic rings. The molecule has 0 unspecified atom stereocenters. The van der Waals surface area contributed by atoms with Gasteiger partial charge in [0.1, 0.15) is 5.75 Å². The number of amides is 3. The molecule has 0 aliphatic heterocycles. The second-order valence-electron chi connectivity index (χ2n) is 8.24. The fraction of sp³-hybridized carbons (Fsp3) is 0.481. The van der Waals surface area contributed by atoms with E-state index in [2.05, 4.69) is 22.9 Å². The van der Waals surface area contributed by atoms with Gasteiger partial charge in [-0.1, -0.05) is 45.4 Å². The van der Waals surface area contributed by atoms with Gasteiger partial charge in [-0.2, -0.15) is 11.8 Å². The molecule has 2 rings (SSSR count). The van der Waals surface area contributed by atoms with E-state index in [4.69, 9.17) is 4.74 Å². The highest BCUT2D eigenvalue weighted by Crippen LogP contribution is 2.27. The molecule has 2 aromatic carbocycles. The van der Waals surface area contributed by atoms with Crippen LogP contribution in [0.25, 0.3) is 0 Å². The van der Waals surface area contributed by atoms with Crippen LogP contribution >= 0.6 is 23.5 Å². The van der Waals surface area contributed by atoms with Gasteiger partial charge in [-0.25, -0.2) is 4.79 Å². The average molecular weight is 518 g/mol. The van der Waals surface area contributed by atoms with Crippen LogP contribution in [0.3, 0.4) is 0 Å². The van der Waals surface area contributed by atoms with Gasteiger partial charge in [0.15, 0.2) is 0 Å². The van der Waals surface area contributed by atoms with Crippen molar-refractivity contribution in [2.24, 2.45) is 0 Å². The van der Waals surface area contributed by atoms with Gasteiger partial charge >= 0.3 is 6.03 Å². The maximum atomic E-state index is 12.6. The average Bonchev–Trinajstić information content (AvgIpc) is 2.86. The number of hydrogen-bond acceptors (Lipinski definition) is 5. The summed E-state index contributed by atoms with van der Waals surface area (Å²) < 4.78 is 5.82. The minimum absolute atomic E-state index is 0.151. The van der Waals surface area contributed by atoms with E-state index < -0.39 is 0 Å². The summed E-state index contributed by atoms with van der Waals surface area (Å²) in [7, 11) is 0. The molecule has 0 bridgehead atoms. The van der Waals surface area contributed by atoms with Crippen LogP contribution in [0.15, 0.2) is 47.4 Å². The van der Waals surface area contributed by atoms with Gasteiger partial charge in [-0.3, -0.25) is 4.79 Å². The maximum absolute atomic E-state index is 12.6. The van der Waals surface area contributed by atoms with Crippen molar-refractivity contribution in [3.05, 3.63) is 48.0 Å². The van der Waals surface area contributed by atoms with Gasteiger partial charge in [-0.15, -0.1) is 11.8 Å². The quantitative estimate of drug-likeness (QED) is 0.161. The zero-order valence-electron chi connectivity index (χ0n) is 21.2. The summed E-state index contributed by atoms with van der Waals surface area (Å²) in [6.07, 6.45) is 12.7. The molecule has 192 valence electrons. The largest absolute Gasteiger partial charge is 0.494 e. The number of ether oxygens (including phenoxy) is 1. The fourth-order valence-electron chi connectivity index (χ4n) is 3.48. The van der Waals surface area contributed by atoms with E-state index >= 15 is 0 Å². The lowest BCUT2D eigenvalue weighted by Gasteiger charge is -2.13. The third-order valence-corrected chi connectivity index (χ3v) is 6.84. The lowest BCUT2D eigenvalue weighted by atomic mass is 10.1. The molecule has 0 atom stereocenters. The van der Waals surface area contributed by atoms with Gasteiger partial charge in [0, 0.05) is 28.4 Å². The number of thioether (sulfide) groups is 2. The first-order chi connectivity index (χ1) is 17.1. The van der Waals surface area contributed by atoms with Gasteiger partial charge in [0.2, 0.25) is 0 Å². The van der Waals surface area contributed by atoms with Crippen molar-refractivity contribution in [1.82, 2.24) is 5.32 Å². The lowest BCUT2D eigenvalue weighted by Crippen LogP contribution is -2.26. The number of rotatable bonds is 16. The molecule has 8 heteroatoms. The van der Waals surface area contributed by atoms with Crippen molar-refractivity contribution >= 4 is 46.8 Å². The molecule has 0 saturated heterocycles. The molecular formula is C27H39N3O3S2. The third kappa shape index (κ3) is 11.3. The molecule has 0 fully saturated rings. The Bertz CT molecular complexity index is 907. The van der Waals surface area contributed by atoms with Crippen LogP contribution in [-0.2, 0) is 0 Å². The van der Waals surface area contributed by atoms with E-state index in [9.17, 15) is 9.59 Å². The van der Waals surface area contributed by atoms with Crippen molar-refractivity contribution in [2.75, 3.05) is 42.0 Å². The monoisotopic (exact) mass is 517 g/mol. The molecule has 0 saturated carbocycles. The first-order valence-electron chi connectivity index (χ1n) is 12.3. The molecule has 6 nitrogen and oxygen atoms in total. The van der Waals surface area contributed by atoms with Gasteiger partial charge in [0.25, 0.3) is 5.91 Å². The number of carbonyl (C=O) groups excluding carboxylic acids is 2. The highest BCUT2D eigenvalue weighted by atomic mass is 32.2. The number of carbonyl (C=O) groups is 2. The number of benzene rings is 2. The Balaban J connectivity index is 1.81. The summed E-state index contributed by atoms with van der Waals surface area (Å²) in [5.41, 5.74) is 1.78. The number of nitrogens with one attached hydrogen (secondary N) is 3. The number of hydrogen-bond donors (Lipinski definition) is 3. The van der Waals surface area contributed by atoms with Crippen LogP contribution in [0.4, 0.5) is 16.2 Å². The zero-order chi connectivity index (χ0) is 25.3. The predicted octanol–water partition coefficient (Wildman–Crippen LogP) is 7.27. The van der Waals surface area contributed by atoms with Gasteiger partial charge in [-0.05, 0) is 61.4 Å². The van der Waals surface area contributed by atoms with Crippen molar-refractivity contribution in [2.45, 2.75) is 56.8 Å². The molecule has 0 aliphatic carbocycles. The predicted molar refractivity (Wildman–Crippen MR) is 152 cm³/mol. The van der Waals surface area contributed by atoms with Crippen LogP contribution in [0, 0.1) is 0 Å². The topological polar surface area (TPSA) is 79.5 Å². The molecule has 2 aromatic rings. The zero-order valence-corrected chi connectivity index (χ0v) is 22.8. The van der Waals surface area contributed by atoms with Crippen molar-refractivity contribution < 1.29 is 14.3 Å². The molecule has 3 amide bonds. The minimum atomic E-state index is -0.364. The van der Waals surface area contributed by atoms with Crippen molar-refractivity contribution in [3.8, 4) is 5.75 Å². The van der Waals surface area contributed by atoms with Gasteiger partial charge < -0.3 is 20.7 Å². The molecule has 0 radical (unpaired) electrons. The first kappa shape index (κ1) is 28.9. The van der Waals surface area contributed by atoms with Crippen LogP contribution in [0.5, 0.6) is 5.75 Å². The Kier molecular flexibility index (Phi) is 14.2. The van der Waals surface area contributed by atoms with E-state index in [0.29, 0.717) is 30.1 Å². The summed E-state index contributed by atoms with van der Waals surface area (Å²) in [5.74, 6) is 1.50. The molecule has 3 N–H and O–H groups in total. The van der Waals surface area contributed by atoms with Crippen molar-refractivity contribution in [3.63, 3.8) is 0 Å². The van der Waals surface area contributed by atoms with E-state index in [-0.39, 0.29) is 11.9 Å². The number of urea groups is 1. The van der Waals surface area contributed by atoms with E-state index in [0.717, 1.165) is 22.8 Å². The van der Waals surface area contributed by atoms with Crippen LogP contribution < -0.4 is 20.7 Å². The Labute approximate surface area is 218 Å². The van der Waals surface area contributed by atoms with E-state index in [1.807, 2.05) is 42.8 Å². The molecule has 0 aromatic heterocycles. The smallest absolute Gasteiger partial charge is 0.323 e. The molecule has 35 heavy (non-hydrogen) atoms. The summed E-state index contributed by atoms with van der Waals surface area (Å²) in [4.78, 5) is 25.9. The van der Waals surface area contributed by atoms with E-state index in [1.54, 1.807) is 23.9 Å².